The predicted octanol–water partition coefficient (Wildman–Crippen LogP) is 4.14. The van der Waals surface area contributed by atoms with Crippen molar-refractivity contribution < 1.29 is 9.21 Å². The number of fused-ring (bicyclic) bond motifs is 3. The SMILES string of the molecule is CC(C)c1ccc(C(C)NC(=O)Cn2cnc3c(oc4ccccc43)c2=O)cc1. The Bertz CT molecular complexity index is 1240. The number of para-hydroxylation sites is 1. The van der Waals surface area contributed by atoms with Crippen molar-refractivity contribution in [3.63, 3.8) is 0 Å². The second-order valence-electron chi connectivity index (χ2n) is 7.56. The van der Waals surface area contributed by atoms with Gasteiger partial charge in [-0.3, -0.25) is 14.2 Å². The van der Waals surface area contributed by atoms with Crippen LogP contribution in [0.4, 0.5) is 0 Å². The molecule has 2 heterocycles. The smallest absolute Gasteiger partial charge is 0.297 e. The molecule has 29 heavy (non-hydrogen) atoms. The highest BCUT2D eigenvalue weighted by Gasteiger charge is 2.16. The van der Waals surface area contributed by atoms with Crippen LogP contribution in [-0.2, 0) is 11.3 Å². The first kappa shape index (κ1) is 18.9. The van der Waals surface area contributed by atoms with Crippen LogP contribution in [0, 0.1) is 0 Å². The van der Waals surface area contributed by atoms with E-state index in [-0.39, 0.29) is 29.6 Å². The number of aromatic nitrogens is 2. The quantitative estimate of drug-likeness (QED) is 0.556. The van der Waals surface area contributed by atoms with Crippen LogP contribution in [0.25, 0.3) is 22.1 Å². The van der Waals surface area contributed by atoms with E-state index in [1.54, 1.807) is 6.07 Å². The van der Waals surface area contributed by atoms with Gasteiger partial charge in [0.25, 0.3) is 5.56 Å². The van der Waals surface area contributed by atoms with Gasteiger partial charge >= 0.3 is 0 Å². The molecule has 2 aromatic carbocycles. The van der Waals surface area contributed by atoms with Gasteiger partial charge < -0.3 is 9.73 Å². The van der Waals surface area contributed by atoms with Crippen LogP contribution < -0.4 is 10.9 Å². The van der Waals surface area contributed by atoms with Crippen molar-refractivity contribution in [3.05, 3.63) is 76.3 Å². The molecule has 1 amide bonds. The molecular weight excluding hydrogens is 366 g/mol. The Morgan fingerprint density at radius 1 is 1.07 bits per heavy atom. The van der Waals surface area contributed by atoms with Crippen LogP contribution in [-0.4, -0.2) is 15.5 Å². The fraction of sp³-hybridized carbons (Fsp3) is 0.261. The molecule has 4 rings (SSSR count). The Balaban J connectivity index is 1.52. The fourth-order valence-electron chi connectivity index (χ4n) is 3.42. The average Bonchev–Trinajstić information content (AvgIpc) is 3.09. The number of rotatable bonds is 5. The zero-order chi connectivity index (χ0) is 20.5. The maximum Gasteiger partial charge on any atom is 0.297 e. The van der Waals surface area contributed by atoms with E-state index in [2.05, 4.69) is 36.3 Å². The van der Waals surface area contributed by atoms with Gasteiger partial charge in [0.05, 0.1) is 12.4 Å². The Morgan fingerprint density at radius 2 is 1.76 bits per heavy atom. The fourth-order valence-corrected chi connectivity index (χ4v) is 3.42. The lowest BCUT2D eigenvalue weighted by molar-refractivity contribution is -0.122. The number of amides is 1. The van der Waals surface area contributed by atoms with Gasteiger partial charge in [0.2, 0.25) is 11.5 Å². The summed E-state index contributed by atoms with van der Waals surface area (Å²) in [5, 5.41) is 3.72. The minimum atomic E-state index is -0.365. The van der Waals surface area contributed by atoms with Gasteiger partial charge in [0.15, 0.2) is 0 Å². The van der Waals surface area contributed by atoms with Crippen molar-refractivity contribution in [1.29, 1.82) is 0 Å². The van der Waals surface area contributed by atoms with Crippen molar-refractivity contribution in [1.82, 2.24) is 14.9 Å². The lowest BCUT2D eigenvalue weighted by Crippen LogP contribution is -2.33. The Kier molecular flexibility index (Phi) is 4.92. The molecule has 0 radical (unpaired) electrons. The number of nitrogens with one attached hydrogen (secondary N) is 1. The topological polar surface area (TPSA) is 77.1 Å². The Labute approximate surface area is 168 Å². The first-order valence-corrected chi connectivity index (χ1v) is 9.70. The summed E-state index contributed by atoms with van der Waals surface area (Å²) in [5.74, 6) is 0.200. The molecule has 0 spiro atoms. The number of benzene rings is 2. The van der Waals surface area contributed by atoms with E-state index in [0.717, 1.165) is 10.9 Å². The third-order valence-electron chi connectivity index (χ3n) is 5.15. The number of carbonyl (C=O) groups is 1. The molecule has 0 fully saturated rings. The molecule has 4 aromatic rings. The van der Waals surface area contributed by atoms with Gasteiger partial charge in [0, 0.05) is 5.39 Å². The standard InChI is InChI=1S/C23H23N3O3/c1-14(2)16-8-10-17(11-9-16)15(3)25-20(27)12-26-13-24-21-18-6-4-5-7-19(18)29-22(21)23(26)28/h4-11,13-15H,12H2,1-3H3,(H,25,27). The molecule has 148 valence electrons. The van der Waals surface area contributed by atoms with Gasteiger partial charge in [0.1, 0.15) is 17.6 Å². The molecule has 1 N–H and O–H groups in total. The van der Waals surface area contributed by atoms with Gasteiger partial charge in [-0.2, -0.15) is 0 Å². The van der Waals surface area contributed by atoms with Gasteiger partial charge in [-0.1, -0.05) is 50.2 Å². The van der Waals surface area contributed by atoms with E-state index in [9.17, 15) is 9.59 Å². The summed E-state index contributed by atoms with van der Waals surface area (Å²) in [6, 6.07) is 15.4. The van der Waals surface area contributed by atoms with Crippen LogP contribution in [0.3, 0.4) is 0 Å². The first-order valence-electron chi connectivity index (χ1n) is 9.70. The summed E-state index contributed by atoms with van der Waals surface area (Å²) in [4.78, 5) is 29.6. The number of furan rings is 1. The van der Waals surface area contributed by atoms with E-state index in [1.165, 1.54) is 16.5 Å². The summed E-state index contributed by atoms with van der Waals surface area (Å²) in [6.07, 6.45) is 1.40. The van der Waals surface area contributed by atoms with Crippen molar-refractivity contribution >= 4 is 28.0 Å². The lowest BCUT2D eigenvalue weighted by atomic mass is 9.99. The second-order valence-corrected chi connectivity index (χ2v) is 7.56. The summed E-state index contributed by atoms with van der Waals surface area (Å²) in [7, 11) is 0. The summed E-state index contributed by atoms with van der Waals surface area (Å²) in [6.45, 7) is 6.09. The lowest BCUT2D eigenvalue weighted by Gasteiger charge is -2.16. The molecule has 1 atom stereocenters. The van der Waals surface area contributed by atoms with Gasteiger partial charge in [-0.15, -0.1) is 0 Å². The van der Waals surface area contributed by atoms with Crippen LogP contribution >= 0.6 is 0 Å². The van der Waals surface area contributed by atoms with Crippen LogP contribution in [0.15, 0.2) is 64.1 Å². The molecule has 0 aliphatic carbocycles. The zero-order valence-corrected chi connectivity index (χ0v) is 16.7. The Morgan fingerprint density at radius 3 is 2.48 bits per heavy atom. The molecule has 6 heteroatoms. The van der Waals surface area contributed by atoms with E-state index < -0.39 is 0 Å². The molecule has 6 nitrogen and oxygen atoms in total. The summed E-state index contributed by atoms with van der Waals surface area (Å²) in [5.41, 5.74) is 3.19. The molecular formula is C23H23N3O3. The molecule has 2 aromatic heterocycles. The second kappa shape index (κ2) is 7.54. The average molecular weight is 389 g/mol. The van der Waals surface area contributed by atoms with E-state index in [0.29, 0.717) is 17.0 Å². The van der Waals surface area contributed by atoms with E-state index in [1.807, 2.05) is 37.3 Å². The van der Waals surface area contributed by atoms with Gasteiger partial charge in [-0.05, 0) is 36.1 Å². The number of hydrogen-bond donors (Lipinski definition) is 1. The largest absolute Gasteiger partial charge is 0.448 e. The van der Waals surface area contributed by atoms with Crippen molar-refractivity contribution in [2.45, 2.75) is 39.3 Å². The normalized spacial score (nSPS) is 12.6. The number of hydrogen-bond acceptors (Lipinski definition) is 4. The molecule has 0 saturated heterocycles. The highest BCUT2D eigenvalue weighted by atomic mass is 16.3. The van der Waals surface area contributed by atoms with Crippen LogP contribution in [0.1, 0.15) is 43.9 Å². The van der Waals surface area contributed by atoms with Gasteiger partial charge in [-0.25, -0.2) is 4.98 Å². The zero-order valence-electron chi connectivity index (χ0n) is 16.7. The van der Waals surface area contributed by atoms with Crippen molar-refractivity contribution in [2.24, 2.45) is 0 Å². The third kappa shape index (κ3) is 3.66. The molecule has 0 saturated carbocycles. The summed E-state index contributed by atoms with van der Waals surface area (Å²) < 4.78 is 6.93. The minimum absolute atomic E-state index is 0.118. The van der Waals surface area contributed by atoms with Crippen LogP contribution in [0.5, 0.6) is 0 Å². The maximum absolute atomic E-state index is 12.7. The number of nitrogens with zero attached hydrogens (tertiary/aromatic N) is 2. The molecule has 0 bridgehead atoms. The molecule has 0 aliphatic heterocycles. The third-order valence-corrected chi connectivity index (χ3v) is 5.15. The molecule has 0 aliphatic rings. The van der Waals surface area contributed by atoms with E-state index in [4.69, 9.17) is 4.42 Å². The predicted molar refractivity (Wildman–Crippen MR) is 113 cm³/mol. The van der Waals surface area contributed by atoms with E-state index >= 15 is 0 Å². The number of carbonyl (C=O) groups excluding carboxylic acids is 1. The summed E-state index contributed by atoms with van der Waals surface area (Å²) >= 11 is 0. The minimum Gasteiger partial charge on any atom is -0.448 e. The maximum atomic E-state index is 12.7. The monoisotopic (exact) mass is 389 g/mol. The van der Waals surface area contributed by atoms with Crippen molar-refractivity contribution in [3.8, 4) is 0 Å². The highest BCUT2D eigenvalue weighted by Crippen LogP contribution is 2.24. The first-order chi connectivity index (χ1) is 13.9. The Hall–Kier alpha value is -3.41. The van der Waals surface area contributed by atoms with Crippen LogP contribution in [0.2, 0.25) is 0 Å². The highest BCUT2D eigenvalue weighted by molar-refractivity contribution is 6.01. The molecule has 1 unspecified atom stereocenters. The van der Waals surface area contributed by atoms with Crippen molar-refractivity contribution in [2.75, 3.05) is 0 Å².